The normalized spacial score (nSPS) is 12.0. The summed E-state index contributed by atoms with van der Waals surface area (Å²) in [6, 6.07) is 46.6. The van der Waals surface area contributed by atoms with Gasteiger partial charge in [-0.2, -0.15) is 35.9 Å². The molecule has 0 aromatic heterocycles. The van der Waals surface area contributed by atoms with Crippen LogP contribution >= 0.6 is 0 Å². The van der Waals surface area contributed by atoms with Crippen molar-refractivity contribution in [3.8, 4) is 22.6 Å². The van der Waals surface area contributed by atoms with Crippen LogP contribution in [0.5, 0.6) is 11.5 Å². The molecule has 2 nitrogen and oxygen atoms in total. The molecule has 1 aliphatic rings. The zero-order chi connectivity index (χ0) is 39.5. The summed E-state index contributed by atoms with van der Waals surface area (Å²) < 4.78 is 13.5. The molecule has 0 unspecified atom stereocenters. The molecule has 1 aliphatic carbocycles. The maximum absolute atomic E-state index is 6.03. The van der Waals surface area contributed by atoms with E-state index < -0.39 is 0 Å². The van der Waals surface area contributed by atoms with Crippen molar-refractivity contribution in [1.29, 1.82) is 0 Å². The number of rotatable bonds is 4. The summed E-state index contributed by atoms with van der Waals surface area (Å²) in [5, 5.41) is 2.36. The van der Waals surface area contributed by atoms with Gasteiger partial charge in [-0.25, -0.2) is 0 Å². The zero-order valence-electron chi connectivity index (χ0n) is 35.3. The van der Waals surface area contributed by atoms with E-state index in [2.05, 4.69) is 163 Å². The number of fused-ring (bicyclic) bond motifs is 4. The van der Waals surface area contributed by atoms with E-state index in [1.54, 1.807) is 0 Å². The molecule has 0 amide bonds. The van der Waals surface area contributed by atoms with E-state index in [9.17, 15) is 0 Å². The first-order chi connectivity index (χ1) is 25.2. The molecule has 0 saturated heterocycles. The van der Waals surface area contributed by atoms with Crippen LogP contribution in [0.4, 0.5) is 0 Å². The molecular formula is C51H58Cl2O2Zr-2. The topological polar surface area (TPSA) is 18.5 Å². The molecular weight excluding hydrogens is 807 g/mol. The summed E-state index contributed by atoms with van der Waals surface area (Å²) in [7, 11) is 0. The number of halogens is 2. The summed E-state index contributed by atoms with van der Waals surface area (Å²) in [5.41, 5.74) is 10.9. The van der Waals surface area contributed by atoms with E-state index in [-0.39, 0.29) is 46.8 Å². The van der Waals surface area contributed by atoms with Gasteiger partial charge in [0, 0.05) is 0 Å². The van der Waals surface area contributed by atoms with E-state index >= 15 is 0 Å². The first-order valence-corrected chi connectivity index (χ1v) is 20.4. The van der Waals surface area contributed by atoms with Gasteiger partial charge in [-0.05, 0) is 69.9 Å². The Labute approximate surface area is 365 Å². The van der Waals surface area contributed by atoms with Crippen molar-refractivity contribution in [1.82, 2.24) is 0 Å². The van der Waals surface area contributed by atoms with Gasteiger partial charge >= 0.3 is 99.2 Å². The molecule has 56 heavy (non-hydrogen) atoms. The van der Waals surface area contributed by atoms with Crippen molar-refractivity contribution >= 4 is 14.0 Å². The van der Waals surface area contributed by atoms with Crippen LogP contribution in [0, 0.1) is 6.07 Å². The minimum absolute atomic E-state index is 0. The van der Waals surface area contributed by atoms with Crippen LogP contribution < -0.4 is 34.3 Å². The average molecular weight is 865 g/mol. The molecule has 0 spiro atoms. The van der Waals surface area contributed by atoms with Crippen molar-refractivity contribution < 1.29 is 58.5 Å². The fraction of sp³-hybridized carbons (Fsp3) is 0.333. The van der Waals surface area contributed by atoms with E-state index in [1.165, 1.54) is 82.7 Å². The Kier molecular flexibility index (Phi) is 15.9. The van der Waals surface area contributed by atoms with Crippen molar-refractivity contribution in [3.05, 3.63) is 161 Å². The van der Waals surface area contributed by atoms with Crippen LogP contribution in [0.1, 0.15) is 116 Å². The molecule has 6 aromatic carbocycles. The van der Waals surface area contributed by atoms with Gasteiger partial charge in [0.2, 0.25) is 0 Å². The fourth-order valence-corrected chi connectivity index (χ4v) is 7.18. The van der Waals surface area contributed by atoms with Crippen LogP contribution in [0.15, 0.2) is 121 Å². The third-order valence-corrected chi connectivity index (χ3v) is 10.5. The number of ether oxygens (including phenoxy) is 2. The summed E-state index contributed by atoms with van der Waals surface area (Å²) in [4.78, 5) is 0. The zero-order valence-corrected chi connectivity index (χ0v) is 39.3. The summed E-state index contributed by atoms with van der Waals surface area (Å²) >= 11 is 1.46. The van der Waals surface area contributed by atoms with Crippen molar-refractivity contribution in [3.63, 3.8) is 0 Å². The van der Waals surface area contributed by atoms with E-state index in [0.717, 1.165) is 17.9 Å². The monoisotopic (exact) mass is 862 g/mol. The van der Waals surface area contributed by atoms with Gasteiger partial charge in [-0.15, -0.1) is 28.0 Å². The number of hydrogen-bond acceptors (Lipinski definition) is 2. The van der Waals surface area contributed by atoms with Gasteiger partial charge in [-0.1, -0.05) is 77.4 Å². The predicted molar refractivity (Wildman–Crippen MR) is 227 cm³/mol. The Bertz CT molecular complexity index is 2040. The quantitative estimate of drug-likeness (QED) is 0.172. The Hall–Kier alpha value is -3.36. The molecule has 7 rings (SSSR count). The first-order valence-electron chi connectivity index (χ1n) is 19.1. The fourth-order valence-electron chi connectivity index (χ4n) is 6.36. The predicted octanol–water partition coefficient (Wildman–Crippen LogP) is 7.38. The van der Waals surface area contributed by atoms with E-state index in [1.807, 2.05) is 47.6 Å². The van der Waals surface area contributed by atoms with Gasteiger partial charge in [0.05, 0.1) is 5.60 Å². The Morgan fingerprint density at radius 3 is 1.61 bits per heavy atom. The third-order valence-electron chi connectivity index (χ3n) is 9.12. The van der Waals surface area contributed by atoms with E-state index in [0.29, 0.717) is 0 Å². The number of benzene rings is 5. The first kappa shape index (κ1) is 47.0. The molecule has 6 aromatic rings. The van der Waals surface area contributed by atoms with Gasteiger partial charge in [0.25, 0.3) is 0 Å². The second-order valence-corrected chi connectivity index (χ2v) is 19.5. The molecule has 0 fully saturated rings. The van der Waals surface area contributed by atoms with Crippen LogP contribution in [0.2, 0.25) is 0 Å². The molecule has 0 heterocycles. The average Bonchev–Trinajstić information content (AvgIpc) is 3.70. The molecule has 0 aliphatic heterocycles. The van der Waals surface area contributed by atoms with Crippen molar-refractivity contribution in [2.24, 2.45) is 0 Å². The third kappa shape index (κ3) is 12.8. The van der Waals surface area contributed by atoms with Gasteiger partial charge in [0.15, 0.2) is 0 Å². The molecule has 5 heteroatoms. The summed E-state index contributed by atoms with van der Waals surface area (Å²) in [6.07, 6.45) is 1.03. The SMILES string of the molecule is CC(C)(C)Oc1cc2cc[cH-]c2cc1OC(C)(C)C.CC(C)(C)c1[c-]c2c(cc1)-c1ccc(C(C)(C)C)cc1C2.[Cl-].[Cl-].[Zr+2]=[C](c1ccccc1)c1ccccc1. The second kappa shape index (κ2) is 18.9. The maximum atomic E-state index is 6.03. The molecule has 0 N–H and O–H groups in total. The molecule has 0 radical (unpaired) electrons. The van der Waals surface area contributed by atoms with Gasteiger partial charge < -0.3 is 34.3 Å². The molecule has 294 valence electrons. The Morgan fingerprint density at radius 2 is 1.11 bits per heavy atom. The van der Waals surface area contributed by atoms with Crippen molar-refractivity contribution in [2.45, 2.75) is 112 Å². The van der Waals surface area contributed by atoms with Crippen LogP contribution in [0.3, 0.4) is 0 Å². The van der Waals surface area contributed by atoms with Crippen molar-refractivity contribution in [2.75, 3.05) is 0 Å². The number of hydrogen-bond donors (Lipinski definition) is 0. The van der Waals surface area contributed by atoms with Crippen LogP contribution in [-0.2, 0) is 41.5 Å². The summed E-state index contributed by atoms with van der Waals surface area (Å²) in [6.45, 7) is 25.9. The Balaban J connectivity index is 0.000000225. The van der Waals surface area contributed by atoms with Crippen LogP contribution in [0.25, 0.3) is 21.9 Å². The summed E-state index contributed by atoms with van der Waals surface area (Å²) in [5.74, 6) is 1.61. The second-order valence-electron chi connectivity index (χ2n) is 18.3. The van der Waals surface area contributed by atoms with Gasteiger partial charge in [-0.3, -0.25) is 0 Å². The van der Waals surface area contributed by atoms with Crippen LogP contribution in [-0.4, -0.2) is 14.4 Å². The minimum atomic E-state index is -0.240. The molecule has 0 saturated carbocycles. The van der Waals surface area contributed by atoms with Gasteiger partial charge in [0.1, 0.15) is 17.1 Å². The van der Waals surface area contributed by atoms with E-state index in [4.69, 9.17) is 9.47 Å². The standard InChI is InChI=1S/C21H25.C17H23O2.C13H10.2ClH.Zr/c1-20(2,3)16-7-9-18-14(12-16)11-15-13-17(21(4,5)6)8-10-19(15)18;1-16(2,3)18-14-10-12-8-7-9-13(12)11-15(14)19-17(4,5)6;1-3-7-12(8-4-1)11-13-9-5-2-6-10-13;;;/h7-10,12H,11H2,1-6H3;7-11H,1-6H3;1-10H;2*1H;/q2*-1;;;;+2/p-2. The molecule has 0 atom stereocenters. The molecule has 0 bridgehead atoms. The Morgan fingerprint density at radius 1 is 0.589 bits per heavy atom.